The van der Waals surface area contributed by atoms with Crippen LogP contribution in [0.25, 0.3) is 0 Å². The highest BCUT2D eigenvalue weighted by Crippen LogP contribution is 2.16. The number of aliphatic hydroxyl groups excluding tert-OH is 1. The Labute approximate surface area is 104 Å². The monoisotopic (exact) mass is 239 g/mol. The number of hydrogen-bond acceptors (Lipinski definition) is 3. The normalized spacial score (nSPS) is 13.6. The van der Waals surface area contributed by atoms with Gasteiger partial charge in [-0.3, -0.25) is 0 Å². The first-order chi connectivity index (χ1) is 8.02. The van der Waals surface area contributed by atoms with Crippen molar-refractivity contribution in [2.24, 2.45) is 17.8 Å². The largest absolute Gasteiger partial charge is 0.396 e. The van der Waals surface area contributed by atoms with E-state index >= 15 is 0 Å². The van der Waals surface area contributed by atoms with E-state index in [0.717, 1.165) is 25.2 Å². The lowest BCUT2D eigenvalue weighted by atomic mass is 9.94. The fraction of sp³-hybridized carbons (Fsp3) is 0.846. The molecule has 0 spiro atoms. The van der Waals surface area contributed by atoms with Gasteiger partial charge in [0.2, 0.25) is 0 Å². The molecule has 4 heteroatoms. The predicted octanol–water partition coefficient (Wildman–Crippen LogP) is 2.13. The van der Waals surface area contributed by atoms with E-state index in [1.54, 1.807) is 6.33 Å². The number of hydrogen-bond donors (Lipinski definition) is 1. The third-order valence-electron chi connectivity index (χ3n) is 2.77. The molecule has 4 nitrogen and oxygen atoms in total. The summed E-state index contributed by atoms with van der Waals surface area (Å²) < 4.78 is 1.97. The van der Waals surface area contributed by atoms with Gasteiger partial charge in [0.05, 0.1) is 0 Å². The molecule has 1 aromatic rings. The maximum atomic E-state index is 9.39. The Balaban J connectivity index is 2.62. The molecule has 1 N–H and O–H groups in total. The molecule has 1 rings (SSSR count). The molecule has 0 aliphatic heterocycles. The highest BCUT2D eigenvalue weighted by molar-refractivity contribution is 4.88. The summed E-state index contributed by atoms with van der Waals surface area (Å²) in [5.41, 5.74) is 0. The van der Waals surface area contributed by atoms with Crippen molar-refractivity contribution in [3.63, 3.8) is 0 Å². The van der Waals surface area contributed by atoms with Gasteiger partial charge in [-0.25, -0.2) is 9.67 Å². The zero-order valence-electron chi connectivity index (χ0n) is 11.4. The summed E-state index contributed by atoms with van der Waals surface area (Å²) in [6.45, 7) is 9.83. The quantitative estimate of drug-likeness (QED) is 0.793. The molecule has 98 valence electrons. The molecule has 1 heterocycles. The van der Waals surface area contributed by atoms with Crippen molar-refractivity contribution >= 4 is 0 Å². The number of rotatable bonds is 7. The second-order valence-corrected chi connectivity index (χ2v) is 5.63. The SMILES string of the molecule is CC(C)CC(CO)Cc1ncnn1CC(C)C. The van der Waals surface area contributed by atoms with Crippen LogP contribution in [0.2, 0.25) is 0 Å². The summed E-state index contributed by atoms with van der Waals surface area (Å²) in [6, 6.07) is 0. The van der Waals surface area contributed by atoms with Crippen LogP contribution in [-0.2, 0) is 13.0 Å². The Morgan fingerprint density at radius 3 is 2.47 bits per heavy atom. The van der Waals surface area contributed by atoms with Crippen molar-refractivity contribution in [2.75, 3.05) is 6.61 Å². The fourth-order valence-corrected chi connectivity index (χ4v) is 2.09. The van der Waals surface area contributed by atoms with Gasteiger partial charge in [0.15, 0.2) is 0 Å². The first-order valence-corrected chi connectivity index (χ1v) is 6.50. The van der Waals surface area contributed by atoms with E-state index in [0.29, 0.717) is 17.8 Å². The summed E-state index contributed by atoms with van der Waals surface area (Å²) in [4.78, 5) is 4.31. The van der Waals surface area contributed by atoms with Crippen molar-refractivity contribution in [1.29, 1.82) is 0 Å². The molecule has 1 aromatic heterocycles. The van der Waals surface area contributed by atoms with Crippen LogP contribution in [0.5, 0.6) is 0 Å². The van der Waals surface area contributed by atoms with Gasteiger partial charge in [-0.05, 0) is 24.2 Å². The van der Waals surface area contributed by atoms with Crippen molar-refractivity contribution < 1.29 is 5.11 Å². The van der Waals surface area contributed by atoms with Crippen LogP contribution >= 0.6 is 0 Å². The van der Waals surface area contributed by atoms with Crippen molar-refractivity contribution in [3.05, 3.63) is 12.2 Å². The van der Waals surface area contributed by atoms with E-state index in [1.807, 2.05) is 4.68 Å². The van der Waals surface area contributed by atoms with Gasteiger partial charge < -0.3 is 5.11 Å². The van der Waals surface area contributed by atoms with E-state index in [2.05, 4.69) is 37.8 Å². The molecule has 0 radical (unpaired) electrons. The summed E-state index contributed by atoms with van der Waals surface area (Å²) >= 11 is 0. The van der Waals surface area contributed by atoms with Crippen LogP contribution in [0.1, 0.15) is 39.9 Å². The Kier molecular flexibility index (Phi) is 5.62. The van der Waals surface area contributed by atoms with E-state index in [-0.39, 0.29) is 6.61 Å². The summed E-state index contributed by atoms with van der Waals surface area (Å²) in [7, 11) is 0. The molecule has 0 amide bonds. The standard InChI is InChI=1S/C13H25N3O/c1-10(2)5-12(8-17)6-13-14-9-15-16(13)7-11(3)4/h9-12,17H,5-8H2,1-4H3. The molecule has 0 aromatic carbocycles. The zero-order chi connectivity index (χ0) is 12.8. The Morgan fingerprint density at radius 2 is 1.94 bits per heavy atom. The highest BCUT2D eigenvalue weighted by Gasteiger charge is 2.15. The average molecular weight is 239 g/mol. The second-order valence-electron chi connectivity index (χ2n) is 5.63. The first-order valence-electron chi connectivity index (χ1n) is 6.50. The molecule has 1 atom stereocenters. The Bertz CT molecular complexity index is 320. The first kappa shape index (κ1) is 14.2. The highest BCUT2D eigenvalue weighted by atomic mass is 16.3. The molecule has 0 aliphatic rings. The molecule has 0 saturated carbocycles. The molecule has 17 heavy (non-hydrogen) atoms. The lowest BCUT2D eigenvalue weighted by Crippen LogP contribution is -2.17. The van der Waals surface area contributed by atoms with Crippen LogP contribution in [0.3, 0.4) is 0 Å². The van der Waals surface area contributed by atoms with Crippen LogP contribution in [0.15, 0.2) is 6.33 Å². The van der Waals surface area contributed by atoms with Gasteiger partial charge in [-0.2, -0.15) is 5.10 Å². The minimum absolute atomic E-state index is 0.229. The van der Waals surface area contributed by atoms with E-state index in [1.165, 1.54) is 0 Å². The number of nitrogens with zero attached hydrogens (tertiary/aromatic N) is 3. The van der Waals surface area contributed by atoms with Gasteiger partial charge in [0.25, 0.3) is 0 Å². The lowest BCUT2D eigenvalue weighted by Gasteiger charge is -2.16. The van der Waals surface area contributed by atoms with Crippen LogP contribution < -0.4 is 0 Å². The van der Waals surface area contributed by atoms with Crippen molar-refractivity contribution in [3.8, 4) is 0 Å². The van der Waals surface area contributed by atoms with E-state index in [4.69, 9.17) is 0 Å². The molecule has 0 bridgehead atoms. The van der Waals surface area contributed by atoms with Crippen LogP contribution in [-0.4, -0.2) is 26.5 Å². The zero-order valence-corrected chi connectivity index (χ0v) is 11.4. The van der Waals surface area contributed by atoms with E-state index in [9.17, 15) is 5.11 Å². The lowest BCUT2D eigenvalue weighted by molar-refractivity contribution is 0.201. The van der Waals surface area contributed by atoms with Crippen molar-refractivity contribution in [2.45, 2.75) is 47.1 Å². The number of aromatic nitrogens is 3. The average Bonchev–Trinajstić information content (AvgIpc) is 2.63. The van der Waals surface area contributed by atoms with Gasteiger partial charge in [-0.15, -0.1) is 0 Å². The van der Waals surface area contributed by atoms with Crippen molar-refractivity contribution in [1.82, 2.24) is 14.8 Å². The molecular formula is C13H25N3O. The van der Waals surface area contributed by atoms with E-state index < -0.39 is 0 Å². The minimum atomic E-state index is 0.229. The molecule has 0 saturated heterocycles. The topological polar surface area (TPSA) is 50.9 Å². The molecular weight excluding hydrogens is 214 g/mol. The maximum Gasteiger partial charge on any atom is 0.138 e. The summed E-state index contributed by atoms with van der Waals surface area (Å²) in [5.74, 6) is 2.46. The third kappa shape index (κ3) is 4.86. The predicted molar refractivity (Wildman–Crippen MR) is 68.6 cm³/mol. The number of aliphatic hydroxyl groups is 1. The Hall–Kier alpha value is -0.900. The maximum absolute atomic E-state index is 9.39. The van der Waals surface area contributed by atoms with Crippen LogP contribution in [0.4, 0.5) is 0 Å². The molecule has 0 fully saturated rings. The minimum Gasteiger partial charge on any atom is -0.396 e. The van der Waals surface area contributed by atoms with Gasteiger partial charge in [0.1, 0.15) is 12.2 Å². The third-order valence-corrected chi connectivity index (χ3v) is 2.77. The molecule has 1 unspecified atom stereocenters. The Morgan fingerprint density at radius 1 is 1.24 bits per heavy atom. The van der Waals surface area contributed by atoms with Gasteiger partial charge in [-0.1, -0.05) is 27.7 Å². The van der Waals surface area contributed by atoms with Gasteiger partial charge in [0, 0.05) is 19.6 Å². The molecule has 0 aliphatic carbocycles. The summed E-state index contributed by atoms with van der Waals surface area (Å²) in [5, 5.41) is 13.6. The second kappa shape index (κ2) is 6.74. The summed E-state index contributed by atoms with van der Waals surface area (Å²) in [6.07, 6.45) is 3.47. The van der Waals surface area contributed by atoms with Gasteiger partial charge >= 0.3 is 0 Å². The smallest absolute Gasteiger partial charge is 0.138 e. The fourth-order valence-electron chi connectivity index (χ4n) is 2.09. The van der Waals surface area contributed by atoms with Crippen LogP contribution in [0, 0.1) is 17.8 Å².